The van der Waals surface area contributed by atoms with Gasteiger partial charge in [0.15, 0.2) is 4.80 Å². The number of hydrogen-bond acceptors (Lipinski definition) is 5. The molecule has 0 unspecified atom stereocenters. The van der Waals surface area contributed by atoms with E-state index in [2.05, 4.69) is 11.6 Å². The number of thiophene rings is 1. The maximum Gasteiger partial charge on any atom is 0.324 e. The Balaban J connectivity index is 2.13. The Bertz CT molecular complexity index is 1030. The molecule has 3 rings (SSSR count). The summed E-state index contributed by atoms with van der Waals surface area (Å²) in [7, 11) is 0. The van der Waals surface area contributed by atoms with Gasteiger partial charge in [0.05, 0.1) is 20.2 Å². The maximum absolute atomic E-state index is 12.3. The third kappa shape index (κ3) is 3.03. The van der Waals surface area contributed by atoms with E-state index >= 15 is 0 Å². The molecule has 9 heteroatoms. The fourth-order valence-electron chi connectivity index (χ4n) is 2.15. The Hall–Kier alpha value is -2.29. The van der Waals surface area contributed by atoms with Crippen LogP contribution in [0.25, 0.3) is 10.2 Å². The highest BCUT2D eigenvalue weighted by atomic mass is 35.5. The Labute approximate surface area is 149 Å². The number of thiazole rings is 1. The first-order valence-corrected chi connectivity index (χ1v) is 8.74. The van der Waals surface area contributed by atoms with Crippen molar-refractivity contribution < 1.29 is 9.72 Å². The van der Waals surface area contributed by atoms with Crippen molar-refractivity contribution in [2.45, 2.75) is 6.54 Å². The highest BCUT2D eigenvalue weighted by molar-refractivity contribution is 7.17. The summed E-state index contributed by atoms with van der Waals surface area (Å²) >= 11 is 8.39. The number of para-hydroxylation sites is 1. The number of carbonyl (C=O) groups excluding carboxylic acids is 1. The van der Waals surface area contributed by atoms with Crippen LogP contribution in [0.2, 0.25) is 5.02 Å². The Kier molecular flexibility index (Phi) is 4.61. The topological polar surface area (TPSA) is 77.5 Å². The summed E-state index contributed by atoms with van der Waals surface area (Å²) in [6, 6.07) is 8.20. The molecule has 0 aliphatic carbocycles. The van der Waals surface area contributed by atoms with Gasteiger partial charge in [0.2, 0.25) is 0 Å². The van der Waals surface area contributed by atoms with E-state index < -0.39 is 10.8 Å². The minimum absolute atomic E-state index is 0.0908. The smallest absolute Gasteiger partial charge is 0.311 e. The van der Waals surface area contributed by atoms with Crippen LogP contribution in [-0.2, 0) is 6.54 Å². The minimum atomic E-state index is -0.529. The van der Waals surface area contributed by atoms with E-state index in [9.17, 15) is 14.9 Å². The van der Waals surface area contributed by atoms with Crippen LogP contribution in [0.5, 0.6) is 0 Å². The number of allylic oxidation sites excluding steroid dienone is 1. The second-order valence-electron chi connectivity index (χ2n) is 4.68. The molecule has 0 aliphatic rings. The van der Waals surface area contributed by atoms with Gasteiger partial charge in [-0.3, -0.25) is 14.9 Å². The molecule has 0 saturated heterocycles. The van der Waals surface area contributed by atoms with Crippen molar-refractivity contribution in [3.63, 3.8) is 0 Å². The SMILES string of the molecule is C=CCn1c(=NC(=O)c2ccc([N+](=O)[O-])s2)sc2cccc(Cl)c21. The molecule has 0 N–H and O–H groups in total. The third-order valence-corrected chi connectivity index (χ3v) is 5.52. The van der Waals surface area contributed by atoms with Crippen LogP contribution in [0.15, 0.2) is 48.0 Å². The van der Waals surface area contributed by atoms with Gasteiger partial charge in [0.25, 0.3) is 5.91 Å². The summed E-state index contributed by atoms with van der Waals surface area (Å²) < 4.78 is 2.70. The van der Waals surface area contributed by atoms with Gasteiger partial charge in [-0.15, -0.1) is 6.58 Å². The first-order chi connectivity index (χ1) is 11.5. The summed E-state index contributed by atoms with van der Waals surface area (Å²) in [6.07, 6.45) is 1.69. The van der Waals surface area contributed by atoms with E-state index in [4.69, 9.17) is 11.6 Å². The van der Waals surface area contributed by atoms with Crippen molar-refractivity contribution in [2.75, 3.05) is 0 Å². The molecule has 2 heterocycles. The number of aromatic nitrogens is 1. The third-order valence-electron chi connectivity index (χ3n) is 3.14. The number of nitrogens with zero attached hydrogens (tertiary/aromatic N) is 3. The van der Waals surface area contributed by atoms with E-state index in [-0.39, 0.29) is 9.88 Å². The number of halogens is 1. The lowest BCUT2D eigenvalue weighted by Gasteiger charge is -2.02. The van der Waals surface area contributed by atoms with Crippen LogP contribution in [0.3, 0.4) is 0 Å². The average Bonchev–Trinajstić information content (AvgIpc) is 3.14. The van der Waals surface area contributed by atoms with Crippen LogP contribution in [0, 0.1) is 10.1 Å². The average molecular weight is 380 g/mol. The fourth-order valence-corrected chi connectivity index (χ4v) is 4.26. The zero-order valence-electron chi connectivity index (χ0n) is 12.1. The molecule has 0 aliphatic heterocycles. The molecule has 0 radical (unpaired) electrons. The monoisotopic (exact) mass is 379 g/mol. The number of nitro groups is 1. The molecular weight excluding hydrogens is 370 g/mol. The largest absolute Gasteiger partial charge is 0.324 e. The molecule has 6 nitrogen and oxygen atoms in total. The normalized spacial score (nSPS) is 11.8. The summed E-state index contributed by atoms with van der Waals surface area (Å²) in [6.45, 7) is 4.16. The summed E-state index contributed by atoms with van der Waals surface area (Å²) in [5.41, 5.74) is 0.785. The Morgan fingerprint density at radius 2 is 2.17 bits per heavy atom. The van der Waals surface area contributed by atoms with Crippen LogP contribution in [-0.4, -0.2) is 15.4 Å². The predicted molar refractivity (Wildman–Crippen MR) is 95.9 cm³/mol. The summed E-state index contributed by atoms with van der Waals surface area (Å²) in [5, 5.41) is 11.2. The molecule has 1 amide bonds. The Morgan fingerprint density at radius 1 is 1.38 bits per heavy atom. The highest BCUT2D eigenvalue weighted by Gasteiger charge is 2.16. The molecule has 0 spiro atoms. The number of amides is 1. The summed E-state index contributed by atoms with van der Waals surface area (Å²) in [5.74, 6) is -0.520. The number of hydrogen-bond donors (Lipinski definition) is 0. The van der Waals surface area contributed by atoms with Crippen molar-refractivity contribution in [1.29, 1.82) is 0 Å². The van der Waals surface area contributed by atoms with Gasteiger partial charge >= 0.3 is 5.00 Å². The van der Waals surface area contributed by atoms with E-state index in [1.807, 2.05) is 12.1 Å². The van der Waals surface area contributed by atoms with Crippen molar-refractivity contribution >= 4 is 55.4 Å². The van der Waals surface area contributed by atoms with E-state index in [1.54, 1.807) is 16.7 Å². The second kappa shape index (κ2) is 6.68. The number of rotatable bonds is 4. The van der Waals surface area contributed by atoms with Gasteiger partial charge in [-0.1, -0.05) is 46.4 Å². The van der Waals surface area contributed by atoms with Gasteiger partial charge in [0.1, 0.15) is 4.88 Å². The number of benzene rings is 1. The zero-order valence-corrected chi connectivity index (χ0v) is 14.5. The molecule has 0 atom stereocenters. The molecule has 2 aromatic heterocycles. The molecule has 0 saturated carbocycles. The first kappa shape index (κ1) is 16.6. The van der Waals surface area contributed by atoms with Gasteiger partial charge in [-0.05, 0) is 18.2 Å². The maximum atomic E-state index is 12.3. The van der Waals surface area contributed by atoms with Gasteiger partial charge in [-0.25, -0.2) is 0 Å². The molecule has 24 heavy (non-hydrogen) atoms. The van der Waals surface area contributed by atoms with Crippen LogP contribution in [0.4, 0.5) is 5.00 Å². The van der Waals surface area contributed by atoms with E-state index in [1.165, 1.54) is 23.5 Å². The molecule has 0 fully saturated rings. The predicted octanol–water partition coefficient (Wildman–Crippen LogP) is 4.25. The van der Waals surface area contributed by atoms with Gasteiger partial charge in [0, 0.05) is 12.6 Å². The van der Waals surface area contributed by atoms with Gasteiger partial charge in [-0.2, -0.15) is 4.99 Å². The summed E-state index contributed by atoms with van der Waals surface area (Å²) in [4.78, 5) is 27.3. The van der Waals surface area contributed by atoms with Crippen molar-refractivity contribution in [1.82, 2.24) is 4.57 Å². The molecular formula is C15H10ClN3O3S2. The van der Waals surface area contributed by atoms with E-state index in [0.29, 0.717) is 16.4 Å². The van der Waals surface area contributed by atoms with Crippen LogP contribution < -0.4 is 4.80 Å². The molecule has 122 valence electrons. The van der Waals surface area contributed by atoms with E-state index in [0.717, 1.165) is 21.6 Å². The van der Waals surface area contributed by atoms with Crippen molar-refractivity contribution in [3.8, 4) is 0 Å². The lowest BCUT2D eigenvalue weighted by molar-refractivity contribution is -0.380. The van der Waals surface area contributed by atoms with Crippen molar-refractivity contribution in [2.24, 2.45) is 4.99 Å². The zero-order chi connectivity index (χ0) is 17.3. The fraction of sp³-hybridized carbons (Fsp3) is 0.0667. The molecule has 1 aromatic carbocycles. The quantitative estimate of drug-likeness (QED) is 0.386. The highest BCUT2D eigenvalue weighted by Crippen LogP contribution is 2.26. The lowest BCUT2D eigenvalue weighted by atomic mass is 10.3. The molecule has 0 bridgehead atoms. The molecule has 3 aromatic rings. The minimum Gasteiger partial charge on any atom is -0.311 e. The standard InChI is InChI=1S/C15H10ClN3O3S2/c1-2-8-18-13-9(16)4-3-5-10(13)24-15(18)17-14(20)11-6-7-12(23-11)19(21)22/h2-7H,1,8H2. The lowest BCUT2D eigenvalue weighted by Crippen LogP contribution is -2.16. The van der Waals surface area contributed by atoms with Crippen molar-refractivity contribution in [3.05, 3.63) is 67.8 Å². The number of fused-ring (bicyclic) bond motifs is 1. The van der Waals surface area contributed by atoms with Crippen LogP contribution in [0.1, 0.15) is 9.67 Å². The first-order valence-electron chi connectivity index (χ1n) is 6.73. The second-order valence-corrected chi connectivity index (χ2v) is 7.16. The van der Waals surface area contributed by atoms with Gasteiger partial charge < -0.3 is 4.57 Å². The van der Waals surface area contributed by atoms with Crippen LogP contribution >= 0.6 is 34.3 Å². The number of carbonyl (C=O) groups is 1. The Morgan fingerprint density at radius 3 is 2.83 bits per heavy atom.